The lowest BCUT2D eigenvalue weighted by molar-refractivity contribution is 0.103. The molecule has 3 heteroatoms. The van der Waals surface area contributed by atoms with Gasteiger partial charge in [-0.25, -0.2) is 0 Å². The number of ether oxygens (including phenoxy) is 1. The lowest BCUT2D eigenvalue weighted by atomic mass is 10.0. The van der Waals surface area contributed by atoms with Crippen LogP contribution in [0.3, 0.4) is 0 Å². The summed E-state index contributed by atoms with van der Waals surface area (Å²) in [6, 6.07) is 25.1. The van der Waals surface area contributed by atoms with E-state index in [2.05, 4.69) is 0 Å². The summed E-state index contributed by atoms with van der Waals surface area (Å²) in [5, 5.41) is 8.79. The Balaban J connectivity index is 1.76. The molecule has 0 radical (unpaired) electrons. The second-order valence-corrected chi connectivity index (χ2v) is 4.96. The Bertz CT molecular complexity index is 845. The Kier molecular flexibility index (Phi) is 4.17. The van der Waals surface area contributed by atoms with Crippen LogP contribution in [0.4, 0.5) is 0 Å². The molecule has 0 aliphatic rings. The third kappa shape index (κ3) is 3.45. The van der Waals surface area contributed by atoms with E-state index < -0.39 is 0 Å². The van der Waals surface area contributed by atoms with Crippen molar-refractivity contribution in [3.05, 3.63) is 95.6 Å². The minimum atomic E-state index is -0.0826. The number of ketones is 1. The van der Waals surface area contributed by atoms with Gasteiger partial charge in [0.1, 0.15) is 11.5 Å². The molecule has 0 fully saturated rings. The third-order valence-electron chi connectivity index (χ3n) is 3.37. The number of carbonyl (C=O) groups is 1. The molecule has 0 saturated carbocycles. The molecule has 3 nitrogen and oxygen atoms in total. The lowest BCUT2D eigenvalue weighted by Crippen LogP contribution is -2.01. The minimum Gasteiger partial charge on any atom is -0.457 e. The van der Waals surface area contributed by atoms with Gasteiger partial charge in [-0.05, 0) is 60.7 Å². The van der Waals surface area contributed by atoms with Crippen LogP contribution in [0.5, 0.6) is 11.5 Å². The minimum absolute atomic E-state index is 0.0826. The van der Waals surface area contributed by atoms with Crippen molar-refractivity contribution in [3.63, 3.8) is 0 Å². The molecule has 0 saturated heterocycles. The summed E-state index contributed by atoms with van der Waals surface area (Å²) < 4.78 is 5.70. The Morgan fingerprint density at radius 1 is 0.739 bits per heavy atom. The van der Waals surface area contributed by atoms with Crippen LogP contribution in [0.2, 0.25) is 0 Å². The van der Waals surface area contributed by atoms with E-state index in [1.807, 2.05) is 36.4 Å². The number of para-hydroxylation sites is 1. The van der Waals surface area contributed by atoms with Crippen molar-refractivity contribution in [2.75, 3.05) is 0 Å². The number of hydrogen-bond acceptors (Lipinski definition) is 3. The van der Waals surface area contributed by atoms with Gasteiger partial charge in [-0.3, -0.25) is 4.79 Å². The molecule has 3 rings (SSSR count). The second kappa shape index (κ2) is 6.59. The summed E-state index contributed by atoms with van der Waals surface area (Å²) in [7, 11) is 0. The summed E-state index contributed by atoms with van der Waals surface area (Å²) in [6.07, 6.45) is 0. The van der Waals surface area contributed by atoms with E-state index in [0.29, 0.717) is 22.4 Å². The smallest absolute Gasteiger partial charge is 0.193 e. The van der Waals surface area contributed by atoms with E-state index in [4.69, 9.17) is 10.00 Å². The van der Waals surface area contributed by atoms with Gasteiger partial charge in [0.25, 0.3) is 0 Å². The monoisotopic (exact) mass is 299 g/mol. The molecule has 3 aromatic rings. The first-order valence-corrected chi connectivity index (χ1v) is 7.14. The quantitative estimate of drug-likeness (QED) is 0.662. The number of hydrogen-bond donors (Lipinski definition) is 0. The predicted octanol–water partition coefficient (Wildman–Crippen LogP) is 4.58. The first-order chi connectivity index (χ1) is 11.3. The highest BCUT2D eigenvalue weighted by Crippen LogP contribution is 2.22. The van der Waals surface area contributed by atoms with Gasteiger partial charge in [0.05, 0.1) is 11.6 Å². The van der Waals surface area contributed by atoms with Crippen molar-refractivity contribution in [1.29, 1.82) is 5.26 Å². The first kappa shape index (κ1) is 14.6. The topological polar surface area (TPSA) is 50.1 Å². The fourth-order valence-electron chi connectivity index (χ4n) is 2.16. The second-order valence-electron chi connectivity index (χ2n) is 4.96. The number of rotatable bonds is 4. The SMILES string of the molecule is N#Cc1ccc(C(=O)c2ccc(Oc3ccccc3)cc2)cc1. The van der Waals surface area contributed by atoms with Crippen LogP contribution in [0.15, 0.2) is 78.9 Å². The zero-order chi connectivity index (χ0) is 16.1. The van der Waals surface area contributed by atoms with Crippen LogP contribution >= 0.6 is 0 Å². The van der Waals surface area contributed by atoms with Gasteiger partial charge in [-0.15, -0.1) is 0 Å². The summed E-state index contributed by atoms with van der Waals surface area (Å²) in [5.74, 6) is 1.34. The van der Waals surface area contributed by atoms with E-state index in [1.165, 1.54) is 0 Å². The van der Waals surface area contributed by atoms with Crippen LogP contribution in [0.25, 0.3) is 0 Å². The van der Waals surface area contributed by atoms with Gasteiger partial charge in [-0.1, -0.05) is 18.2 Å². The third-order valence-corrected chi connectivity index (χ3v) is 3.37. The van der Waals surface area contributed by atoms with Crippen molar-refractivity contribution < 1.29 is 9.53 Å². The van der Waals surface area contributed by atoms with Crippen LogP contribution in [0.1, 0.15) is 21.5 Å². The molecule has 0 N–H and O–H groups in total. The summed E-state index contributed by atoms with van der Waals surface area (Å²) >= 11 is 0. The van der Waals surface area contributed by atoms with Gasteiger partial charge in [-0.2, -0.15) is 5.26 Å². The van der Waals surface area contributed by atoms with Gasteiger partial charge in [0.2, 0.25) is 0 Å². The first-order valence-electron chi connectivity index (χ1n) is 7.14. The highest BCUT2D eigenvalue weighted by Gasteiger charge is 2.09. The highest BCUT2D eigenvalue weighted by molar-refractivity contribution is 6.09. The summed E-state index contributed by atoms with van der Waals surface area (Å²) in [5.41, 5.74) is 1.67. The normalized spacial score (nSPS) is 9.87. The number of nitriles is 1. The lowest BCUT2D eigenvalue weighted by Gasteiger charge is -2.06. The molecule has 0 spiro atoms. The van der Waals surface area contributed by atoms with Crippen molar-refractivity contribution in [1.82, 2.24) is 0 Å². The molecule has 0 unspecified atom stereocenters. The van der Waals surface area contributed by atoms with Gasteiger partial charge < -0.3 is 4.74 Å². The van der Waals surface area contributed by atoms with E-state index in [1.54, 1.807) is 48.5 Å². The number of carbonyl (C=O) groups excluding carboxylic acids is 1. The molecule has 0 aliphatic carbocycles. The van der Waals surface area contributed by atoms with Crippen LogP contribution in [0, 0.1) is 11.3 Å². The van der Waals surface area contributed by atoms with Gasteiger partial charge >= 0.3 is 0 Å². The van der Waals surface area contributed by atoms with Gasteiger partial charge in [0, 0.05) is 11.1 Å². The standard InChI is InChI=1S/C20H13NO2/c21-14-15-6-8-16(9-7-15)20(22)17-10-12-19(13-11-17)23-18-4-2-1-3-5-18/h1-13H. The maximum atomic E-state index is 12.4. The Hall–Kier alpha value is -3.38. The molecule has 23 heavy (non-hydrogen) atoms. The molecular formula is C20H13NO2. The van der Waals surface area contributed by atoms with Crippen molar-refractivity contribution in [2.24, 2.45) is 0 Å². The molecule has 0 bridgehead atoms. The largest absolute Gasteiger partial charge is 0.457 e. The van der Waals surface area contributed by atoms with E-state index in [9.17, 15) is 4.79 Å². The van der Waals surface area contributed by atoms with Crippen molar-refractivity contribution >= 4 is 5.78 Å². The fraction of sp³-hybridized carbons (Fsp3) is 0. The number of benzene rings is 3. The maximum absolute atomic E-state index is 12.4. The summed E-state index contributed by atoms with van der Waals surface area (Å²) in [4.78, 5) is 12.4. The average Bonchev–Trinajstić information content (AvgIpc) is 2.63. The Labute approximate surface area is 134 Å². The molecule has 0 atom stereocenters. The van der Waals surface area contributed by atoms with E-state index >= 15 is 0 Å². The molecular weight excluding hydrogens is 286 g/mol. The average molecular weight is 299 g/mol. The molecule has 110 valence electrons. The van der Waals surface area contributed by atoms with E-state index in [0.717, 1.165) is 5.75 Å². The Morgan fingerprint density at radius 3 is 1.83 bits per heavy atom. The van der Waals surface area contributed by atoms with E-state index in [-0.39, 0.29) is 5.78 Å². The Morgan fingerprint density at radius 2 is 1.26 bits per heavy atom. The van der Waals surface area contributed by atoms with Crippen LogP contribution in [-0.2, 0) is 0 Å². The van der Waals surface area contributed by atoms with Crippen LogP contribution in [-0.4, -0.2) is 5.78 Å². The van der Waals surface area contributed by atoms with Crippen LogP contribution < -0.4 is 4.74 Å². The zero-order valence-corrected chi connectivity index (χ0v) is 12.3. The zero-order valence-electron chi connectivity index (χ0n) is 12.3. The molecule has 0 aliphatic heterocycles. The highest BCUT2D eigenvalue weighted by atomic mass is 16.5. The summed E-state index contributed by atoms with van der Waals surface area (Å²) in [6.45, 7) is 0. The molecule has 3 aromatic carbocycles. The molecule has 0 heterocycles. The maximum Gasteiger partial charge on any atom is 0.193 e. The number of nitrogens with zero attached hydrogens (tertiary/aromatic N) is 1. The van der Waals surface area contributed by atoms with Gasteiger partial charge in [0.15, 0.2) is 5.78 Å². The molecule has 0 aromatic heterocycles. The fourth-order valence-corrected chi connectivity index (χ4v) is 2.16. The molecule has 0 amide bonds. The van der Waals surface area contributed by atoms with Crippen molar-refractivity contribution in [2.45, 2.75) is 0 Å². The predicted molar refractivity (Wildman–Crippen MR) is 87.5 cm³/mol. The van der Waals surface area contributed by atoms with Crippen molar-refractivity contribution in [3.8, 4) is 17.6 Å².